The van der Waals surface area contributed by atoms with E-state index in [1.54, 1.807) is 6.92 Å². The third kappa shape index (κ3) is 5.45. The predicted molar refractivity (Wildman–Crippen MR) is 112 cm³/mol. The minimum Gasteiger partial charge on any atom is -0.478 e. The molecule has 0 aliphatic rings. The van der Waals surface area contributed by atoms with Crippen molar-refractivity contribution in [3.05, 3.63) is 80.7 Å². The molecule has 11 heteroatoms. The van der Waals surface area contributed by atoms with E-state index in [0.29, 0.717) is 5.39 Å². The molecule has 1 heterocycles. The summed E-state index contributed by atoms with van der Waals surface area (Å²) in [5, 5.41) is 18.9. The summed E-state index contributed by atoms with van der Waals surface area (Å²) in [7, 11) is 0. The van der Waals surface area contributed by atoms with E-state index in [-0.39, 0.29) is 39.7 Å². The average molecular weight is 471 g/mol. The Hall–Kier alpha value is -3.37. The van der Waals surface area contributed by atoms with Crippen LogP contribution in [0.1, 0.15) is 39.2 Å². The van der Waals surface area contributed by atoms with E-state index in [9.17, 15) is 27.6 Å². The lowest BCUT2D eigenvalue weighted by molar-refractivity contribution is -0.137. The van der Waals surface area contributed by atoms with E-state index in [2.05, 4.69) is 0 Å². The molecular weight excluding hydrogens is 453 g/mol. The molecule has 1 aromatic heterocycles. The normalized spacial score (nSPS) is 12.1. The third-order valence-corrected chi connectivity index (χ3v) is 4.80. The first-order valence-electron chi connectivity index (χ1n) is 9.03. The number of benzene rings is 2. The number of hydrogen-bond acceptors (Lipinski definition) is 4. The number of alkyl halides is 3. The quantitative estimate of drug-likeness (QED) is 0.536. The summed E-state index contributed by atoms with van der Waals surface area (Å²) in [6.07, 6.45) is -2.97. The van der Waals surface area contributed by atoms with Crippen LogP contribution in [0.3, 0.4) is 0 Å². The highest BCUT2D eigenvalue weighted by atomic mass is 35.5. The van der Waals surface area contributed by atoms with Crippen LogP contribution in [0.15, 0.2) is 53.5 Å². The van der Waals surface area contributed by atoms with Crippen molar-refractivity contribution in [3.63, 3.8) is 0 Å². The van der Waals surface area contributed by atoms with Gasteiger partial charge in [-0.05, 0) is 43.3 Å². The lowest BCUT2D eigenvalue weighted by atomic mass is 10.1. The van der Waals surface area contributed by atoms with Gasteiger partial charge in [0, 0.05) is 22.5 Å². The summed E-state index contributed by atoms with van der Waals surface area (Å²) >= 11 is 5.85. The molecule has 3 rings (SSSR count). The number of rotatable bonds is 4. The Balaban J connectivity index is 0.000000244. The summed E-state index contributed by atoms with van der Waals surface area (Å²) in [5.74, 6) is -2.05. The Kier molecular flexibility index (Phi) is 7.65. The van der Waals surface area contributed by atoms with Crippen LogP contribution in [0.4, 0.5) is 13.2 Å². The van der Waals surface area contributed by atoms with Crippen LogP contribution in [0, 0.1) is 0 Å². The molecule has 0 aliphatic carbocycles. The van der Waals surface area contributed by atoms with Crippen LogP contribution in [0.2, 0.25) is 5.02 Å². The van der Waals surface area contributed by atoms with Crippen LogP contribution in [0.5, 0.6) is 0 Å². The number of carboxylic acid groups (broad SMARTS) is 1. The Bertz CT molecular complexity index is 1220. The minimum absolute atomic E-state index is 0.0833. The minimum atomic E-state index is -4.44. The summed E-state index contributed by atoms with van der Waals surface area (Å²) < 4.78 is 37.6. The van der Waals surface area contributed by atoms with Crippen molar-refractivity contribution in [3.8, 4) is 0 Å². The van der Waals surface area contributed by atoms with E-state index in [1.165, 1.54) is 35.0 Å². The largest absolute Gasteiger partial charge is 0.478 e. The van der Waals surface area contributed by atoms with E-state index >= 15 is 0 Å². The number of amides is 1. The Morgan fingerprint density at radius 3 is 2.34 bits per heavy atom. The highest BCUT2D eigenvalue weighted by Gasteiger charge is 2.30. The van der Waals surface area contributed by atoms with Gasteiger partial charge >= 0.3 is 12.1 Å². The van der Waals surface area contributed by atoms with E-state index in [1.807, 2.05) is 0 Å². The molecule has 3 aromatic rings. The van der Waals surface area contributed by atoms with Crippen LogP contribution in [0.25, 0.3) is 10.8 Å². The number of aliphatic hydroxyl groups is 1. The summed E-state index contributed by atoms with van der Waals surface area (Å²) in [5.41, 5.74) is 3.37. The number of aromatic nitrogens is 1. The first kappa shape index (κ1) is 24.9. The summed E-state index contributed by atoms with van der Waals surface area (Å²) in [4.78, 5) is 34.0. The molecule has 0 radical (unpaired) electrons. The van der Waals surface area contributed by atoms with E-state index in [4.69, 9.17) is 27.5 Å². The number of carboxylic acids is 1. The second-order valence-corrected chi connectivity index (χ2v) is 7.10. The number of pyridine rings is 1. The number of carbonyl (C=O) groups is 2. The van der Waals surface area contributed by atoms with Gasteiger partial charge in [0.2, 0.25) is 5.91 Å². The SMILES string of the molecule is C[C@H](CO)n1ccc2c(C(=O)O)c(Cl)ccc2c1=O.NC(=O)c1cccc(C(F)(F)F)c1. The molecule has 32 heavy (non-hydrogen) atoms. The standard InChI is InChI=1S/C13H12ClNO4.C8H6F3NO/c1-7(6-16)15-5-4-8-9(12(15)17)2-3-10(14)11(8)13(18)19;9-8(10,11)6-3-1-2-5(4-6)7(12)13/h2-5,7,16H,6H2,1H3,(H,18,19);1-4H,(H2,12,13)/t7-;/m1./s1. The molecule has 0 saturated heterocycles. The maximum Gasteiger partial charge on any atom is 0.416 e. The molecule has 0 aliphatic heterocycles. The van der Waals surface area contributed by atoms with Gasteiger partial charge in [-0.15, -0.1) is 0 Å². The molecule has 0 unspecified atom stereocenters. The summed E-state index contributed by atoms with van der Waals surface area (Å²) in [6.45, 7) is 1.52. The van der Waals surface area contributed by atoms with Gasteiger partial charge in [0.05, 0.1) is 28.8 Å². The maximum absolute atomic E-state index is 12.2. The number of carbonyl (C=O) groups excluding carboxylic acids is 1. The van der Waals surface area contributed by atoms with Crippen LogP contribution in [-0.2, 0) is 6.18 Å². The van der Waals surface area contributed by atoms with Crippen molar-refractivity contribution in [1.82, 2.24) is 4.57 Å². The number of nitrogens with zero attached hydrogens (tertiary/aromatic N) is 1. The van der Waals surface area contributed by atoms with Crippen molar-refractivity contribution in [2.24, 2.45) is 5.73 Å². The molecule has 1 atom stereocenters. The molecule has 7 nitrogen and oxygen atoms in total. The van der Waals surface area contributed by atoms with Crippen molar-refractivity contribution in [2.45, 2.75) is 19.1 Å². The molecule has 0 spiro atoms. The van der Waals surface area contributed by atoms with Crippen LogP contribution in [-0.4, -0.2) is 33.3 Å². The Morgan fingerprint density at radius 1 is 1.16 bits per heavy atom. The molecule has 0 fully saturated rings. The fourth-order valence-corrected chi connectivity index (χ4v) is 3.06. The number of aromatic carboxylic acids is 1. The van der Waals surface area contributed by atoms with Crippen molar-refractivity contribution >= 4 is 34.2 Å². The van der Waals surface area contributed by atoms with Gasteiger partial charge in [0.25, 0.3) is 5.56 Å². The number of hydrogen-bond donors (Lipinski definition) is 3. The average Bonchev–Trinajstić information content (AvgIpc) is 2.73. The lowest BCUT2D eigenvalue weighted by Gasteiger charge is -2.13. The van der Waals surface area contributed by atoms with E-state index in [0.717, 1.165) is 18.2 Å². The van der Waals surface area contributed by atoms with Gasteiger partial charge in [0.1, 0.15) is 0 Å². The van der Waals surface area contributed by atoms with Gasteiger partial charge in [-0.3, -0.25) is 9.59 Å². The predicted octanol–water partition coefficient (Wildman–Crippen LogP) is 3.71. The topological polar surface area (TPSA) is 123 Å². The number of nitrogens with two attached hydrogens (primary N) is 1. The molecule has 1 amide bonds. The van der Waals surface area contributed by atoms with E-state index < -0.39 is 23.6 Å². The molecule has 0 saturated carbocycles. The second-order valence-electron chi connectivity index (χ2n) is 6.69. The van der Waals surface area contributed by atoms with Gasteiger partial charge < -0.3 is 20.5 Å². The maximum atomic E-state index is 12.2. The van der Waals surface area contributed by atoms with Crippen LogP contribution >= 0.6 is 11.6 Å². The molecule has 2 aromatic carbocycles. The molecule has 4 N–H and O–H groups in total. The highest BCUT2D eigenvalue weighted by Crippen LogP contribution is 2.29. The van der Waals surface area contributed by atoms with Gasteiger partial charge in [-0.25, -0.2) is 4.79 Å². The third-order valence-electron chi connectivity index (χ3n) is 4.49. The Labute approximate surface area is 184 Å². The Morgan fingerprint density at radius 2 is 1.81 bits per heavy atom. The van der Waals surface area contributed by atoms with Gasteiger partial charge in [-0.2, -0.15) is 13.2 Å². The monoisotopic (exact) mass is 470 g/mol. The van der Waals surface area contributed by atoms with Gasteiger partial charge in [0.15, 0.2) is 0 Å². The summed E-state index contributed by atoms with van der Waals surface area (Å²) in [6, 6.07) is 8.02. The zero-order valence-corrected chi connectivity index (χ0v) is 17.3. The fraction of sp³-hybridized carbons (Fsp3) is 0.190. The van der Waals surface area contributed by atoms with Crippen LogP contribution < -0.4 is 11.3 Å². The number of aliphatic hydroxyl groups excluding tert-OH is 1. The smallest absolute Gasteiger partial charge is 0.416 e. The van der Waals surface area contributed by atoms with Crippen molar-refractivity contribution in [2.75, 3.05) is 6.61 Å². The highest BCUT2D eigenvalue weighted by molar-refractivity contribution is 6.35. The molecular formula is C21H18ClF3N2O5. The number of fused-ring (bicyclic) bond motifs is 1. The number of primary amides is 1. The van der Waals surface area contributed by atoms with Gasteiger partial charge in [-0.1, -0.05) is 17.7 Å². The van der Waals surface area contributed by atoms with Crippen molar-refractivity contribution in [1.29, 1.82) is 0 Å². The zero-order valence-electron chi connectivity index (χ0n) is 16.6. The molecule has 0 bridgehead atoms. The first-order chi connectivity index (χ1) is 14.9. The molecule has 170 valence electrons. The number of halogens is 4. The first-order valence-corrected chi connectivity index (χ1v) is 9.40. The van der Waals surface area contributed by atoms with Crippen molar-refractivity contribution < 1.29 is 33.0 Å². The zero-order chi connectivity index (χ0) is 24.2. The second kappa shape index (κ2) is 9.84. The lowest BCUT2D eigenvalue weighted by Crippen LogP contribution is -2.25. The fourth-order valence-electron chi connectivity index (χ4n) is 2.82.